The van der Waals surface area contributed by atoms with E-state index in [9.17, 15) is 40.2 Å². The summed E-state index contributed by atoms with van der Waals surface area (Å²) in [5, 5.41) is 60.6. The summed E-state index contributed by atoms with van der Waals surface area (Å²) in [6.45, 7) is 2.23. The van der Waals surface area contributed by atoms with E-state index in [1.807, 2.05) is 0 Å². The molecule has 10 atom stereocenters. The van der Waals surface area contributed by atoms with Gasteiger partial charge in [-0.25, -0.2) is 0 Å². The number of carbonyl (C=O) groups is 2. The first-order valence-corrected chi connectivity index (χ1v) is 9.96. The minimum atomic E-state index is -1.79. The van der Waals surface area contributed by atoms with Crippen LogP contribution in [0.5, 0.6) is 0 Å². The lowest BCUT2D eigenvalue weighted by Crippen LogP contribution is -2.64. The standard InChI is InChI=1S/C18H30O13/c1-3-9(19)27-5-7-11(21)13(23)15(25)17(29-7)31-18-16(26)14(24)12(22)8(30-18)6-28-10(20)4-2/h7-8,11-18,21-26H,3-6H2,1-2H3/t7?,8?,11-,12-,13+,14+,15?,16?,17-,18-/m1/s1. The second kappa shape index (κ2) is 11.4. The van der Waals surface area contributed by atoms with Crippen molar-refractivity contribution >= 4 is 11.9 Å². The van der Waals surface area contributed by atoms with Gasteiger partial charge in [-0.05, 0) is 0 Å². The third-order valence-electron chi connectivity index (χ3n) is 5.00. The predicted octanol–water partition coefficient (Wildman–Crippen LogP) is -3.48. The first kappa shape index (κ1) is 25.8. The first-order chi connectivity index (χ1) is 14.6. The summed E-state index contributed by atoms with van der Waals surface area (Å²) in [6, 6.07) is 0. The van der Waals surface area contributed by atoms with Crippen molar-refractivity contribution in [1.29, 1.82) is 0 Å². The summed E-state index contributed by atoms with van der Waals surface area (Å²) in [5.41, 5.74) is 0. The monoisotopic (exact) mass is 454 g/mol. The number of aliphatic hydroxyl groups excluding tert-OH is 6. The number of aliphatic hydroxyl groups is 6. The van der Waals surface area contributed by atoms with Gasteiger partial charge in [0.15, 0.2) is 12.6 Å². The molecule has 0 aromatic carbocycles. The molecule has 0 amide bonds. The Labute approximate surface area is 178 Å². The highest BCUT2D eigenvalue weighted by molar-refractivity contribution is 5.69. The zero-order valence-corrected chi connectivity index (χ0v) is 17.1. The quantitative estimate of drug-likeness (QED) is 0.198. The molecule has 2 aliphatic rings. The molecule has 13 heteroatoms. The summed E-state index contributed by atoms with van der Waals surface area (Å²) >= 11 is 0. The van der Waals surface area contributed by atoms with E-state index in [0.29, 0.717) is 0 Å². The van der Waals surface area contributed by atoms with Gasteiger partial charge >= 0.3 is 11.9 Å². The van der Waals surface area contributed by atoms with Crippen LogP contribution in [0.4, 0.5) is 0 Å². The number of rotatable bonds is 8. The van der Waals surface area contributed by atoms with Crippen LogP contribution in [0.15, 0.2) is 0 Å². The first-order valence-electron chi connectivity index (χ1n) is 9.96. The molecule has 13 nitrogen and oxygen atoms in total. The number of hydrogen-bond acceptors (Lipinski definition) is 13. The molecule has 180 valence electrons. The van der Waals surface area contributed by atoms with Crippen LogP contribution < -0.4 is 0 Å². The van der Waals surface area contributed by atoms with Crippen LogP contribution in [0.25, 0.3) is 0 Å². The molecular weight excluding hydrogens is 424 g/mol. The fraction of sp³-hybridized carbons (Fsp3) is 0.889. The van der Waals surface area contributed by atoms with Crippen LogP contribution in [0.3, 0.4) is 0 Å². The molecule has 0 aliphatic carbocycles. The highest BCUT2D eigenvalue weighted by Gasteiger charge is 2.50. The summed E-state index contributed by atoms with van der Waals surface area (Å²) in [7, 11) is 0. The van der Waals surface area contributed by atoms with Crippen molar-refractivity contribution in [2.24, 2.45) is 0 Å². The molecule has 2 rings (SSSR count). The van der Waals surface area contributed by atoms with Crippen molar-refractivity contribution in [3.05, 3.63) is 0 Å². The largest absolute Gasteiger partial charge is 0.463 e. The van der Waals surface area contributed by atoms with Crippen molar-refractivity contribution in [3.8, 4) is 0 Å². The Balaban J connectivity index is 2.06. The van der Waals surface area contributed by atoms with Crippen LogP contribution in [0.1, 0.15) is 26.7 Å². The van der Waals surface area contributed by atoms with Crippen molar-refractivity contribution in [3.63, 3.8) is 0 Å². The smallest absolute Gasteiger partial charge is 0.305 e. The van der Waals surface area contributed by atoms with Gasteiger partial charge in [-0.1, -0.05) is 13.8 Å². The second-order valence-electron chi connectivity index (χ2n) is 7.24. The maximum absolute atomic E-state index is 11.3. The van der Waals surface area contributed by atoms with E-state index in [2.05, 4.69) is 0 Å². The van der Waals surface area contributed by atoms with Crippen LogP contribution in [0, 0.1) is 0 Å². The number of carbonyl (C=O) groups excluding carboxylic acids is 2. The van der Waals surface area contributed by atoms with Crippen molar-refractivity contribution in [2.45, 2.75) is 88.1 Å². The average molecular weight is 454 g/mol. The predicted molar refractivity (Wildman–Crippen MR) is 96.9 cm³/mol. The molecule has 2 heterocycles. The SMILES string of the molecule is CCC(=O)OCC1O[C@H](O[C@H]2OC(COC(=O)CC)[C@@H](O)[C@H](O)C2O)C(O)[C@@H](O)[C@@H]1O. The Bertz CT molecular complexity index is 551. The zero-order valence-electron chi connectivity index (χ0n) is 17.1. The van der Waals surface area contributed by atoms with E-state index >= 15 is 0 Å². The van der Waals surface area contributed by atoms with Crippen LogP contribution in [-0.4, -0.2) is 117 Å². The van der Waals surface area contributed by atoms with Crippen molar-refractivity contribution in [2.75, 3.05) is 13.2 Å². The molecule has 31 heavy (non-hydrogen) atoms. The molecule has 0 aromatic rings. The van der Waals surface area contributed by atoms with E-state index < -0.39 is 86.6 Å². The Kier molecular flexibility index (Phi) is 9.54. The molecule has 2 saturated heterocycles. The Morgan fingerprint density at radius 3 is 1.32 bits per heavy atom. The van der Waals surface area contributed by atoms with Gasteiger partial charge < -0.3 is 54.3 Å². The molecule has 0 aromatic heterocycles. The molecule has 2 aliphatic heterocycles. The maximum atomic E-state index is 11.3. The summed E-state index contributed by atoms with van der Waals surface area (Å²) in [5.74, 6) is -1.16. The Morgan fingerprint density at radius 1 is 0.645 bits per heavy atom. The third-order valence-corrected chi connectivity index (χ3v) is 5.00. The van der Waals surface area contributed by atoms with Gasteiger partial charge in [0.2, 0.25) is 0 Å². The molecule has 2 fully saturated rings. The maximum Gasteiger partial charge on any atom is 0.305 e. The Hall–Kier alpha value is -1.42. The normalized spacial score (nSPS) is 40.9. The highest BCUT2D eigenvalue weighted by atomic mass is 16.8. The van der Waals surface area contributed by atoms with E-state index in [0.717, 1.165) is 0 Å². The summed E-state index contributed by atoms with van der Waals surface area (Å²) in [6.07, 6.45) is -16.0. The lowest BCUT2D eigenvalue weighted by molar-refractivity contribution is -0.376. The summed E-state index contributed by atoms with van der Waals surface area (Å²) in [4.78, 5) is 22.7. The van der Waals surface area contributed by atoms with Gasteiger partial charge in [0.1, 0.15) is 62.0 Å². The lowest BCUT2D eigenvalue weighted by atomic mass is 9.98. The van der Waals surface area contributed by atoms with Gasteiger partial charge in [-0.3, -0.25) is 9.59 Å². The second-order valence-corrected chi connectivity index (χ2v) is 7.24. The van der Waals surface area contributed by atoms with Crippen LogP contribution in [-0.2, 0) is 33.3 Å². The molecule has 0 saturated carbocycles. The fourth-order valence-corrected chi connectivity index (χ4v) is 3.02. The third kappa shape index (κ3) is 6.31. The van der Waals surface area contributed by atoms with E-state index in [-0.39, 0.29) is 12.8 Å². The number of ether oxygens (including phenoxy) is 5. The van der Waals surface area contributed by atoms with E-state index in [4.69, 9.17) is 23.7 Å². The molecular formula is C18H30O13. The molecule has 0 bridgehead atoms. The summed E-state index contributed by atoms with van der Waals surface area (Å²) < 4.78 is 25.8. The van der Waals surface area contributed by atoms with E-state index in [1.165, 1.54) is 0 Å². The molecule has 0 radical (unpaired) electrons. The average Bonchev–Trinajstić information content (AvgIpc) is 2.77. The van der Waals surface area contributed by atoms with Crippen molar-refractivity contribution in [1.82, 2.24) is 0 Å². The number of hydrogen-bond donors (Lipinski definition) is 6. The minimum absolute atomic E-state index is 0.0697. The van der Waals surface area contributed by atoms with E-state index in [1.54, 1.807) is 13.8 Å². The van der Waals surface area contributed by atoms with Gasteiger partial charge in [0.25, 0.3) is 0 Å². The minimum Gasteiger partial charge on any atom is -0.463 e. The highest BCUT2D eigenvalue weighted by Crippen LogP contribution is 2.28. The number of esters is 2. The van der Waals surface area contributed by atoms with Gasteiger partial charge in [-0.2, -0.15) is 0 Å². The molecule has 0 spiro atoms. The fourth-order valence-electron chi connectivity index (χ4n) is 3.02. The van der Waals surface area contributed by atoms with Gasteiger partial charge in [-0.15, -0.1) is 0 Å². The molecule has 4 unspecified atom stereocenters. The molecule has 6 N–H and O–H groups in total. The lowest BCUT2D eigenvalue weighted by Gasteiger charge is -2.44. The van der Waals surface area contributed by atoms with Crippen LogP contribution >= 0.6 is 0 Å². The van der Waals surface area contributed by atoms with Gasteiger partial charge in [0, 0.05) is 12.8 Å². The van der Waals surface area contributed by atoms with Crippen molar-refractivity contribution < 1.29 is 63.9 Å². The zero-order chi connectivity index (χ0) is 23.3. The topological polar surface area (TPSA) is 202 Å². The van der Waals surface area contributed by atoms with Crippen LogP contribution in [0.2, 0.25) is 0 Å². The Morgan fingerprint density at radius 2 is 1.00 bits per heavy atom. The van der Waals surface area contributed by atoms with Gasteiger partial charge in [0.05, 0.1) is 0 Å².